The number of aromatic nitrogens is 2. The van der Waals surface area contributed by atoms with Gasteiger partial charge in [-0.3, -0.25) is 0 Å². The van der Waals surface area contributed by atoms with Crippen LogP contribution in [0.4, 0.5) is 15.9 Å². The Hall–Kier alpha value is -2.94. The average molecular weight is 489 g/mol. The first-order valence-electron chi connectivity index (χ1n) is 10.5. The second-order valence-electron chi connectivity index (χ2n) is 7.54. The molecule has 1 aromatic heterocycles. The Balaban J connectivity index is 1.81. The van der Waals surface area contributed by atoms with E-state index in [0.717, 1.165) is 31.5 Å². The molecule has 3 aromatic rings. The highest BCUT2D eigenvalue weighted by Crippen LogP contribution is 2.36. The van der Waals surface area contributed by atoms with E-state index in [2.05, 4.69) is 25.9 Å². The van der Waals surface area contributed by atoms with Crippen LogP contribution < -0.4 is 20.7 Å². The van der Waals surface area contributed by atoms with Crippen LogP contribution in [0.2, 0.25) is 10.0 Å². The molecule has 1 fully saturated rings. The van der Waals surface area contributed by atoms with E-state index in [1.165, 1.54) is 24.7 Å². The van der Waals surface area contributed by atoms with E-state index in [1.807, 2.05) is 12.1 Å². The summed E-state index contributed by atoms with van der Waals surface area (Å²) in [4.78, 5) is 8.69. The largest absolute Gasteiger partial charge is 0.490 e. The molecule has 0 saturated carbocycles. The van der Waals surface area contributed by atoms with E-state index in [4.69, 9.17) is 33.3 Å². The zero-order valence-electron chi connectivity index (χ0n) is 17.9. The van der Waals surface area contributed by atoms with Crippen LogP contribution in [0.1, 0.15) is 18.4 Å². The molecular formula is C23H23Cl2FN6O. The Labute approximate surface area is 200 Å². The summed E-state index contributed by atoms with van der Waals surface area (Å²) < 4.78 is 21.0. The first kappa shape index (κ1) is 23.2. The van der Waals surface area contributed by atoms with Gasteiger partial charge in [0.15, 0.2) is 5.82 Å². The molecule has 0 atom stereocenters. The van der Waals surface area contributed by atoms with Crippen molar-refractivity contribution in [3.63, 3.8) is 0 Å². The van der Waals surface area contributed by atoms with Crippen molar-refractivity contribution in [2.45, 2.75) is 18.9 Å². The molecule has 4 N–H and O–H groups in total. The Bertz CT molecular complexity index is 1210. The van der Waals surface area contributed by atoms with Gasteiger partial charge < -0.3 is 26.1 Å². The number of fused-ring (bicyclic) bond motifs is 1. The Morgan fingerprint density at radius 1 is 1.24 bits per heavy atom. The number of halogens is 3. The van der Waals surface area contributed by atoms with Crippen LogP contribution in [0.3, 0.4) is 0 Å². The van der Waals surface area contributed by atoms with Crippen molar-refractivity contribution in [3.05, 3.63) is 58.2 Å². The van der Waals surface area contributed by atoms with E-state index in [1.54, 1.807) is 13.2 Å². The SMILES string of the molecule is CN/C=C(\C=N)c1cc2ncnc(Nc3ccc(Cl)c(Cl)c3F)c2cc1OC1CCNCC1. The summed E-state index contributed by atoms with van der Waals surface area (Å²) in [6.45, 7) is 1.76. The van der Waals surface area contributed by atoms with Gasteiger partial charge in [0.2, 0.25) is 0 Å². The van der Waals surface area contributed by atoms with Gasteiger partial charge in [-0.25, -0.2) is 14.4 Å². The van der Waals surface area contributed by atoms with Crippen LogP contribution in [-0.4, -0.2) is 42.4 Å². The molecule has 1 aliphatic rings. The van der Waals surface area contributed by atoms with Crippen LogP contribution in [-0.2, 0) is 0 Å². The lowest BCUT2D eigenvalue weighted by Crippen LogP contribution is -2.34. The van der Waals surface area contributed by atoms with E-state index < -0.39 is 5.82 Å². The van der Waals surface area contributed by atoms with Crippen LogP contribution in [0, 0.1) is 11.2 Å². The number of benzene rings is 2. The van der Waals surface area contributed by atoms with Crippen LogP contribution in [0.25, 0.3) is 16.5 Å². The van der Waals surface area contributed by atoms with Gasteiger partial charge in [-0.2, -0.15) is 0 Å². The van der Waals surface area contributed by atoms with Gasteiger partial charge >= 0.3 is 0 Å². The summed E-state index contributed by atoms with van der Waals surface area (Å²) in [7, 11) is 1.77. The molecule has 1 aliphatic heterocycles. The number of anilines is 2. The number of rotatable bonds is 7. The molecule has 0 spiro atoms. The smallest absolute Gasteiger partial charge is 0.166 e. The monoisotopic (exact) mass is 488 g/mol. The molecule has 172 valence electrons. The van der Waals surface area contributed by atoms with Crippen molar-refractivity contribution in [1.29, 1.82) is 5.41 Å². The Kier molecular flexibility index (Phi) is 7.27. The third-order valence-electron chi connectivity index (χ3n) is 5.37. The minimum atomic E-state index is -0.665. The van der Waals surface area contributed by atoms with E-state index in [9.17, 15) is 4.39 Å². The molecule has 0 aliphatic carbocycles. The lowest BCUT2D eigenvalue weighted by molar-refractivity contribution is 0.162. The molecule has 10 heteroatoms. The molecule has 4 rings (SSSR count). The first-order chi connectivity index (χ1) is 16.0. The maximum atomic E-state index is 14.6. The number of piperidine rings is 1. The van der Waals surface area contributed by atoms with E-state index in [-0.39, 0.29) is 21.8 Å². The number of nitrogens with zero attached hydrogens (tertiary/aromatic N) is 2. The zero-order chi connectivity index (χ0) is 23.4. The van der Waals surface area contributed by atoms with Gasteiger partial charge in [0.1, 0.15) is 24.0 Å². The lowest BCUT2D eigenvalue weighted by Gasteiger charge is -2.25. The third kappa shape index (κ3) is 5.03. The standard InChI is InChI=1S/C23H23Cl2FN6O/c1-28-11-13(10-27)15-8-19-16(9-20(15)33-14-4-6-29-7-5-14)23(31-12-30-19)32-18-3-2-17(24)21(25)22(18)26/h2-3,8-12,14,27-29H,4-7H2,1H3,(H,30,31,32)/b13-11+,27-10?. The van der Waals surface area contributed by atoms with Crippen molar-refractivity contribution in [1.82, 2.24) is 20.6 Å². The maximum Gasteiger partial charge on any atom is 0.166 e. The Morgan fingerprint density at radius 3 is 2.76 bits per heavy atom. The highest BCUT2D eigenvalue weighted by atomic mass is 35.5. The molecular weight excluding hydrogens is 466 g/mol. The lowest BCUT2D eigenvalue weighted by atomic mass is 10.0. The van der Waals surface area contributed by atoms with Crippen molar-refractivity contribution < 1.29 is 9.13 Å². The van der Waals surface area contributed by atoms with Crippen molar-refractivity contribution in [3.8, 4) is 5.75 Å². The van der Waals surface area contributed by atoms with Gasteiger partial charge in [-0.15, -0.1) is 0 Å². The summed E-state index contributed by atoms with van der Waals surface area (Å²) in [6, 6.07) is 6.69. The van der Waals surface area contributed by atoms with E-state index in [0.29, 0.717) is 28.0 Å². The van der Waals surface area contributed by atoms with Crippen molar-refractivity contribution >= 4 is 57.4 Å². The first-order valence-corrected chi connectivity index (χ1v) is 11.2. The molecule has 33 heavy (non-hydrogen) atoms. The highest BCUT2D eigenvalue weighted by molar-refractivity contribution is 6.42. The summed E-state index contributed by atoms with van der Waals surface area (Å²) >= 11 is 11.9. The molecule has 0 radical (unpaired) electrons. The maximum absolute atomic E-state index is 14.6. The summed E-state index contributed by atoms with van der Waals surface area (Å²) in [5, 5.41) is 17.8. The predicted molar refractivity (Wildman–Crippen MR) is 132 cm³/mol. The Morgan fingerprint density at radius 2 is 2.03 bits per heavy atom. The zero-order valence-corrected chi connectivity index (χ0v) is 19.4. The van der Waals surface area contributed by atoms with Gasteiger partial charge in [0.05, 0.1) is 21.2 Å². The fourth-order valence-electron chi connectivity index (χ4n) is 3.70. The molecule has 2 heterocycles. The fraction of sp³-hybridized carbons (Fsp3) is 0.261. The van der Waals surface area contributed by atoms with Crippen LogP contribution in [0.15, 0.2) is 36.8 Å². The van der Waals surface area contributed by atoms with Gasteiger partial charge in [0, 0.05) is 36.0 Å². The second-order valence-corrected chi connectivity index (χ2v) is 8.32. The quantitative estimate of drug-likeness (QED) is 0.271. The molecule has 0 bridgehead atoms. The minimum absolute atomic E-state index is 0.0394. The minimum Gasteiger partial charge on any atom is -0.490 e. The van der Waals surface area contributed by atoms with Crippen LogP contribution >= 0.6 is 23.2 Å². The topological polar surface area (TPSA) is 95.0 Å². The van der Waals surface area contributed by atoms with Crippen LogP contribution in [0.5, 0.6) is 5.75 Å². The van der Waals surface area contributed by atoms with Gasteiger partial charge in [-0.05, 0) is 50.2 Å². The fourth-order valence-corrected chi connectivity index (χ4v) is 4.01. The third-order valence-corrected chi connectivity index (χ3v) is 6.15. The number of hydrogen-bond acceptors (Lipinski definition) is 7. The summed E-state index contributed by atoms with van der Waals surface area (Å²) in [5.41, 5.74) is 2.14. The number of hydrogen-bond donors (Lipinski definition) is 4. The normalized spacial score (nSPS) is 14.8. The van der Waals surface area contributed by atoms with Crippen molar-refractivity contribution in [2.75, 3.05) is 25.5 Å². The van der Waals surface area contributed by atoms with Gasteiger partial charge in [-0.1, -0.05) is 23.2 Å². The van der Waals surface area contributed by atoms with Crippen molar-refractivity contribution in [2.24, 2.45) is 0 Å². The summed E-state index contributed by atoms with van der Waals surface area (Å²) in [5.74, 6) is 0.335. The highest BCUT2D eigenvalue weighted by Gasteiger charge is 2.20. The average Bonchev–Trinajstić information content (AvgIpc) is 2.83. The second kappa shape index (κ2) is 10.3. The number of nitrogens with one attached hydrogen (secondary N) is 4. The van der Waals surface area contributed by atoms with E-state index >= 15 is 0 Å². The van der Waals surface area contributed by atoms with Gasteiger partial charge in [0.25, 0.3) is 0 Å². The predicted octanol–water partition coefficient (Wildman–Crippen LogP) is 5.16. The number of ether oxygens (including phenoxy) is 1. The molecule has 0 unspecified atom stereocenters. The molecule has 0 amide bonds. The molecule has 2 aromatic carbocycles. The molecule has 1 saturated heterocycles. The molecule has 7 nitrogen and oxygen atoms in total. The summed E-state index contributed by atoms with van der Waals surface area (Å²) in [6.07, 6.45) is 6.17. The number of allylic oxidation sites excluding steroid dienone is 1.